The zero-order valence-corrected chi connectivity index (χ0v) is 7.11. The molecular weight excluding hydrogens is 164 g/mol. The SMILES string of the molecule is CNC1NCCCNC1C(F)F. The van der Waals surface area contributed by atoms with Crippen molar-refractivity contribution in [2.45, 2.75) is 25.1 Å². The molecule has 0 radical (unpaired) electrons. The van der Waals surface area contributed by atoms with E-state index in [0.29, 0.717) is 6.54 Å². The van der Waals surface area contributed by atoms with E-state index < -0.39 is 12.5 Å². The smallest absolute Gasteiger partial charge is 0.256 e. The topological polar surface area (TPSA) is 36.1 Å². The van der Waals surface area contributed by atoms with Gasteiger partial charge in [-0.05, 0) is 26.6 Å². The predicted octanol–water partition coefficient (Wildman–Crippen LogP) is -0.251. The predicted molar refractivity (Wildman–Crippen MR) is 43.3 cm³/mol. The average molecular weight is 179 g/mol. The Bertz CT molecular complexity index is 132. The van der Waals surface area contributed by atoms with E-state index in [4.69, 9.17) is 0 Å². The Kier molecular flexibility index (Phi) is 3.84. The summed E-state index contributed by atoms with van der Waals surface area (Å²) in [6, 6.07) is -0.780. The van der Waals surface area contributed by atoms with Crippen molar-refractivity contribution < 1.29 is 8.78 Å². The van der Waals surface area contributed by atoms with Crippen LogP contribution in [0.25, 0.3) is 0 Å². The van der Waals surface area contributed by atoms with Gasteiger partial charge in [0.2, 0.25) is 0 Å². The molecule has 0 aromatic rings. The van der Waals surface area contributed by atoms with Crippen LogP contribution < -0.4 is 16.0 Å². The van der Waals surface area contributed by atoms with E-state index in [1.165, 1.54) is 0 Å². The zero-order valence-electron chi connectivity index (χ0n) is 7.11. The molecule has 1 rings (SSSR count). The molecule has 1 aliphatic heterocycles. The Hall–Kier alpha value is -0.260. The summed E-state index contributed by atoms with van der Waals surface area (Å²) in [7, 11) is 1.68. The maximum Gasteiger partial charge on any atom is 0.256 e. The highest BCUT2D eigenvalue weighted by molar-refractivity contribution is 4.84. The van der Waals surface area contributed by atoms with Crippen LogP contribution in [0.3, 0.4) is 0 Å². The van der Waals surface area contributed by atoms with Gasteiger partial charge < -0.3 is 16.0 Å². The number of halogens is 2. The number of rotatable bonds is 2. The summed E-state index contributed by atoms with van der Waals surface area (Å²) < 4.78 is 24.8. The monoisotopic (exact) mass is 179 g/mol. The number of hydrogen-bond acceptors (Lipinski definition) is 3. The van der Waals surface area contributed by atoms with Gasteiger partial charge in [-0.15, -0.1) is 0 Å². The highest BCUT2D eigenvalue weighted by Crippen LogP contribution is 2.06. The second kappa shape index (κ2) is 4.69. The molecule has 3 nitrogen and oxygen atoms in total. The average Bonchev–Trinajstić information content (AvgIpc) is 2.27. The van der Waals surface area contributed by atoms with Crippen LogP contribution in [0.1, 0.15) is 6.42 Å². The lowest BCUT2D eigenvalue weighted by atomic mass is 10.2. The first kappa shape index (κ1) is 9.83. The van der Waals surface area contributed by atoms with Gasteiger partial charge in [-0.3, -0.25) is 0 Å². The standard InChI is InChI=1S/C7H15F2N3/c1-10-7-5(6(8)9)11-3-2-4-12-7/h5-7,10-12H,2-4H2,1H3. The Morgan fingerprint density at radius 1 is 1.33 bits per heavy atom. The van der Waals surface area contributed by atoms with Crippen LogP contribution >= 0.6 is 0 Å². The molecule has 0 aromatic carbocycles. The van der Waals surface area contributed by atoms with Crippen LogP contribution in [0.4, 0.5) is 8.78 Å². The first-order valence-corrected chi connectivity index (χ1v) is 4.18. The second-order valence-electron chi connectivity index (χ2n) is 2.89. The van der Waals surface area contributed by atoms with Crippen LogP contribution in [0.5, 0.6) is 0 Å². The lowest BCUT2D eigenvalue weighted by Gasteiger charge is -2.24. The fourth-order valence-corrected chi connectivity index (χ4v) is 1.38. The first-order chi connectivity index (χ1) is 5.75. The van der Waals surface area contributed by atoms with Gasteiger partial charge in [0, 0.05) is 0 Å². The molecule has 5 heteroatoms. The van der Waals surface area contributed by atoms with Crippen molar-refractivity contribution >= 4 is 0 Å². The number of likely N-dealkylation sites (N-methyl/N-ethyl adjacent to an activating group) is 1. The van der Waals surface area contributed by atoms with E-state index >= 15 is 0 Å². The maximum atomic E-state index is 12.4. The number of hydrogen-bond donors (Lipinski definition) is 3. The molecule has 1 fully saturated rings. The van der Waals surface area contributed by atoms with E-state index in [-0.39, 0.29) is 6.17 Å². The second-order valence-corrected chi connectivity index (χ2v) is 2.89. The summed E-state index contributed by atoms with van der Waals surface area (Å²) >= 11 is 0. The molecule has 12 heavy (non-hydrogen) atoms. The Balaban J connectivity index is 2.51. The molecule has 0 spiro atoms. The van der Waals surface area contributed by atoms with Crippen molar-refractivity contribution in [2.24, 2.45) is 0 Å². The van der Waals surface area contributed by atoms with E-state index in [2.05, 4.69) is 16.0 Å². The van der Waals surface area contributed by atoms with Crippen molar-refractivity contribution in [3.05, 3.63) is 0 Å². The van der Waals surface area contributed by atoms with Crippen molar-refractivity contribution in [3.8, 4) is 0 Å². The van der Waals surface area contributed by atoms with Gasteiger partial charge >= 0.3 is 0 Å². The zero-order chi connectivity index (χ0) is 8.97. The van der Waals surface area contributed by atoms with Crippen LogP contribution in [-0.4, -0.2) is 38.8 Å². The molecule has 3 N–H and O–H groups in total. The van der Waals surface area contributed by atoms with Crippen molar-refractivity contribution in [2.75, 3.05) is 20.1 Å². The first-order valence-electron chi connectivity index (χ1n) is 4.18. The van der Waals surface area contributed by atoms with E-state index in [1.807, 2.05) is 0 Å². The maximum absolute atomic E-state index is 12.4. The van der Waals surface area contributed by atoms with Crippen LogP contribution in [-0.2, 0) is 0 Å². The highest BCUT2D eigenvalue weighted by Gasteiger charge is 2.29. The van der Waals surface area contributed by atoms with Gasteiger partial charge in [0.15, 0.2) is 0 Å². The molecule has 1 heterocycles. The molecule has 0 bridgehead atoms. The molecule has 0 saturated carbocycles. The third-order valence-corrected chi connectivity index (χ3v) is 2.04. The van der Waals surface area contributed by atoms with Gasteiger partial charge in [-0.2, -0.15) is 0 Å². The highest BCUT2D eigenvalue weighted by atomic mass is 19.3. The summed E-state index contributed by atoms with van der Waals surface area (Å²) in [5.41, 5.74) is 0. The van der Waals surface area contributed by atoms with Crippen molar-refractivity contribution in [3.63, 3.8) is 0 Å². The van der Waals surface area contributed by atoms with E-state index in [0.717, 1.165) is 13.0 Å². The molecule has 2 unspecified atom stereocenters. The molecular formula is C7H15F2N3. The fourth-order valence-electron chi connectivity index (χ4n) is 1.38. The third-order valence-electron chi connectivity index (χ3n) is 2.04. The van der Waals surface area contributed by atoms with Crippen LogP contribution in [0, 0.1) is 0 Å². The summed E-state index contributed by atoms with van der Waals surface area (Å²) in [6.45, 7) is 1.43. The number of alkyl halides is 2. The summed E-state index contributed by atoms with van der Waals surface area (Å²) in [5, 5.41) is 8.64. The summed E-state index contributed by atoms with van der Waals surface area (Å²) in [5.74, 6) is 0. The minimum absolute atomic E-state index is 0.326. The van der Waals surface area contributed by atoms with Crippen LogP contribution in [0.15, 0.2) is 0 Å². The minimum Gasteiger partial charge on any atom is -0.306 e. The molecule has 1 aliphatic rings. The lowest BCUT2D eigenvalue weighted by molar-refractivity contribution is 0.0782. The van der Waals surface area contributed by atoms with Crippen LogP contribution in [0.2, 0.25) is 0 Å². The summed E-state index contributed by atoms with van der Waals surface area (Å²) in [4.78, 5) is 0. The van der Waals surface area contributed by atoms with E-state index in [1.54, 1.807) is 7.05 Å². The largest absolute Gasteiger partial charge is 0.306 e. The van der Waals surface area contributed by atoms with Gasteiger partial charge in [-0.1, -0.05) is 0 Å². The Labute approximate surface area is 70.9 Å². The molecule has 2 atom stereocenters. The normalized spacial score (nSPS) is 32.0. The van der Waals surface area contributed by atoms with Gasteiger partial charge in [0.05, 0.1) is 12.2 Å². The molecule has 0 aliphatic carbocycles. The molecule has 72 valence electrons. The summed E-state index contributed by atoms with van der Waals surface area (Å²) in [6.07, 6.45) is -1.76. The minimum atomic E-state index is -2.33. The third kappa shape index (κ3) is 2.36. The van der Waals surface area contributed by atoms with Crippen molar-refractivity contribution in [1.82, 2.24) is 16.0 Å². The molecule has 1 saturated heterocycles. The number of nitrogens with one attached hydrogen (secondary N) is 3. The molecule has 0 amide bonds. The Morgan fingerprint density at radius 3 is 2.58 bits per heavy atom. The van der Waals surface area contributed by atoms with Gasteiger partial charge in [0.1, 0.15) is 0 Å². The van der Waals surface area contributed by atoms with Crippen molar-refractivity contribution in [1.29, 1.82) is 0 Å². The van der Waals surface area contributed by atoms with E-state index in [9.17, 15) is 8.78 Å². The van der Waals surface area contributed by atoms with Gasteiger partial charge in [0.25, 0.3) is 6.43 Å². The van der Waals surface area contributed by atoms with Gasteiger partial charge in [-0.25, -0.2) is 8.78 Å². The lowest BCUT2D eigenvalue weighted by Crippen LogP contribution is -2.56. The molecule has 0 aromatic heterocycles. The Morgan fingerprint density at radius 2 is 2.00 bits per heavy atom. The fraction of sp³-hybridized carbons (Fsp3) is 1.00. The quantitative estimate of drug-likeness (QED) is 0.547.